The Morgan fingerprint density at radius 3 is 3.11 bits per heavy atom. The number of carbonyl (C=O) groups is 1. The second-order valence-electron chi connectivity index (χ2n) is 4.93. The van der Waals surface area contributed by atoms with E-state index in [0.29, 0.717) is 23.3 Å². The number of aliphatic hydroxyl groups excluding tert-OH is 1. The van der Waals surface area contributed by atoms with E-state index in [2.05, 4.69) is 24.1 Å². The minimum absolute atomic E-state index is 0.0120. The van der Waals surface area contributed by atoms with Crippen LogP contribution in [0.4, 0.5) is 0 Å². The van der Waals surface area contributed by atoms with Crippen molar-refractivity contribution < 1.29 is 9.90 Å². The zero-order chi connectivity index (χ0) is 13.7. The first kappa shape index (κ1) is 14.1. The van der Waals surface area contributed by atoms with Gasteiger partial charge in [0.05, 0.1) is 6.61 Å². The fraction of sp³-hybridized carbons (Fsp3) is 0.533. The van der Waals surface area contributed by atoms with Crippen LogP contribution in [0.15, 0.2) is 11.4 Å². The first-order valence-electron chi connectivity index (χ1n) is 6.70. The Hall–Kier alpha value is -1.31. The van der Waals surface area contributed by atoms with Crippen molar-refractivity contribution in [1.29, 1.82) is 0 Å². The molecule has 0 spiro atoms. The van der Waals surface area contributed by atoms with Crippen molar-refractivity contribution in [2.24, 2.45) is 5.92 Å². The third kappa shape index (κ3) is 3.59. The van der Waals surface area contributed by atoms with E-state index in [1.54, 1.807) is 0 Å². The lowest BCUT2D eigenvalue weighted by Crippen LogP contribution is -2.36. The van der Waals surface area contributed by atoms with E-state index in [4.69, 9.17) is 5.11 Å². The summed E-state index contributed by atoms with van der Waals surface area (Å²) >= 11 is 1.42. The average Bonchev–Trinajstić information content (AvgIpc) is 3.00. The standard InChI is InChI=1S/C15H19NO2S/c1-11-5-4-7-13(11)16-15(18)14-12(8-10-19-14)6-2-3-9-17/h8,10-11,13,17H,3-5,7,9H2,1H3,(H,16,18). The molecule has 3 nitrogen and oxygen atoms in total. The molecule has 102 valence electrons. The maximum Gasteiger partial charge on any atom is 0.262 e. The van der Waals surface area contributed by atoms with Gasteiger partial charge in [-0.15, -0.1) is 11.3 Å². The summed E-state index contributed by atoms with van der Waals surface area (Å²) in [6.07, 6.45) is 3.90. The molecule has 1 saturated carbocycles. The van der Waals surface area contributed by atoms with Crippen LogP contribution < -0.4 is 5.32 Å². The SMILES string of the molecule is CC1CCCC1NC(=O)c1sccc1C#CCCO. The third-order valence-corrected chi connectivity index (χ3v) is 4.42. The maximum absolute atomic E-state index is 12.2. The second kappa shape index (κ2) is 6.74. The lowest BCUT2D eigenvalue weighted by Gasteiger charge is -2.16. The highest BCUT2D eigenvalue weighted by Gasteiger charge is 2.26. The molecule has 0 saturated heterocycles. The van der Waals surface area contributed by atoms with Gasteiger partial charge in [-0.25, -0.2) is 0 Å². The lowest BCUT2D eigenvalue weighted by molar-refractivity contribution is 0.0933. The molecule has 2 unspecified atom stereocenters. The highest BCUT2D eigenvalue weighted by molar-refractivity contribution is 7.12. The molecule has 1 heterocycles. The lowest BCUT2D eigenvalue weighted by atomic mass is 10.1. The van der Waals surface area contributed by atoms with Crippen molar-refractivity contribution in [3.63, 3.8) is 0 Å². The van der Waals surface area contributed by atoms with Crippen LogP contribution in [-0.4, -0.2) is 23.7 Å². The molecule has 0 radical (unpaired) electrons. The fourth-order valence-corrected chi connectivity index (χ4v) is 3.14. The van der Waals surface area contributed by atoms with Gasteiger partial charge in [0.2, 0.25) is 0 Å². The number of amides is 1. The Balaban J connectivity index is 2.03. The number of rotatable bonds is 3. The summed E-state index contributed by atoms with van der Waals surface area (Å²) in [4.78, 5) is 12.9. The van der Waals surface area contributed by atoms with E-state index in [0.717, 1.165) is 12.0 Å². The van der Waals surface area contributed by atoms with Crippen molar-refractivity contribution in [3.8, 4) is 11.8 Å². The molecular weight excluding hydrogens is 258 g/mol. The Bertz CT molecular complexity index is 498. The van der Waals surface area contributed by atoms with Crippen molar-refractivity contribution >= 4 is 17.2 Å². The topological polar surface area (TPSA) is 49.3 Å². The van der Waals surface area contributed by atoms with Crippen LogP contribution in [0.3, 0.4) is 0 Å². The molecule has 1 fully saturated rings. The van der Waals surface area contributed by atoms with Crippen molar-refractivity contribution in [2.75, 3.05) is 6.61 Å². The first-order chi connectivity index (χ1) is 9.22. The molecular formula is C15H19NO2S. The summed E-state index contributed by atoms with van der Waals surface area (Å²) in [5.74, 6) is 6.36. The van der Waals surface area contributed by atoms with Crippen LogP contribution in [0.2, 0.25) is 0 Å². The molecule has 1 amide bonds. The molecule has 2 rings (SSSR count). The van der Waals surface area contributed by atoms with Gasteiger partial charge in [0.1, 0.15) is 4.88 Å². The fourth-order valence-electron chi connectivity index (χ4n) is 2.39. The summed E-state index contributed by atoms with van der Waals surface area (Å²) in [7, 11) is 0. The van der Waals surface area contributed by atoms with Crippen LogP contribution in [0.5, 0.6) is 0 Å². The second-order valence-corrected chi connectivity index (χ2v) is 5.84. The van der Waals surface area contributed by atoms with Crippen molar-refractivity contribution in [2.45, 2.75) is 38.6 Å². The van der Waals surface area contributed by atoms with Gasteiger partial charge in [0.15, 0.2) is 0 Å². The minimum atomic E-state index is -0.0120. The largest absolute Gasteiger partial charge is 0.395 e. The predicted octanol–water partition coefficient (Wildman–Crippen LogP) is 2.40. The first-order valence-corrected chi connectivity index (χ1v) is 7.58. The monoisotopic (exact) mass is 277 g/mol. The summed E-state index contributed by atoms with van der Waals surface area (Å²) in [5.41, 5.74) is 0.765. The molecule has 1 aliphatic rings. The molecule has 2 N–H and O–H groups in total. The Morgan fingerprint density at radius 1 is 1.58 bits per heavy atom. The molecule has 1 aromatic rings. The van der Waals surface area contributed by atoms with Crippen LogP contribution in [-0.2, 0) is 0 Å². The van der Waals surface area contributed by atoms with E-state index < -0.39 is 0 Å². The van der Waals surface area contributed by atoms with E-state index in [9.17, 15) is 4.79 Å². The van der Waals surface area contributed by atoms with Gasteiger partial charge in [-0.1, -0.05) is 25.2 Å². The van der Waals surface area contributed by atoms with Gasteiger partial charge >= 0.3 is 0 Å². The van der Waals surface area contributed by atoms with Crippen LogP contribution in [0.1, 0.15) is 47.8 Å². The molecule has 19 heavy (non-hydrogen) atoms. The molecule has 0 bridgehead atoms. The average molecular weight is 277 g/mol. The predicted molar refractivity (Wildman–Crippen MR) is 77.2 cm³/mol. The number of hydrogen-bond donors (Lipinski definition) is 2. The Kier molecular flexibility index (Phi) is 5.00. The van der Waals surface area contributed by atoms with Crippen LogP contribution in [0, 0.1) is 17.8 Å². The number of carbonyl (C=O) groups excluding carboxylic acids is 1. The zero-order valence-corrected chi connectivity index (χ0v) is 11.9. The quantitative estimate of drug-likeness (QED) is 0.834. The number of thiophene rings is 1. The smallest absolute Gasteiger partial charge is 0.262 e. The van der Waals surface area contributed by atoms with Crippen LogP contribution in [0.25, 0.3) is 0 Å². The number of nitrogens with one attached hydrogen (secondary N) is 1. The van der Waals surface area contributed by atoms with Gasteiger partial charge in [0.25, 0.3) is 5.91 Å². The van der Waals surface area contributed by atoms with E-state index in [1.807, 2.05) is 11.4 Å². The Labute approximate surface area is 118 Å². The summed E-state index contributed by atoms with van der Waals surface area (Å²) < 4.78 is 0. The van der Waals surface area contributed by atoms with Crippen molar-refractivity contribution in [3.05, 3.63) is 21.9 Å². The van der Waals surface area contributed by atoms with Crippen LogP contribution >= 0.6 is 11.3 Å². The van der Waals surface area contributed by atoms with Gasteiger partial charge in [-0.05, 0) is 30.2 Å². The van der Waals surface area contributed by atoms with Crippen molar-refractivity contribution in [1.82, 2.24) is 5.32 Å². The summed E-state index contributed by atoms with van der Waals surface area (Å²) in [6, 6.07) is 2.16. The maximum atomic E-state index is 12.2. The minimum Gasteiger partial charge on any atom is -0.395 e. The molecule has 4 heteroatoms. The number of hydrogen-bond acceptors (Lipinski definition) is 3. The zero-order valence-electron chi connectivity index (χ0n) is 11.1. The van der Waals surface area contributed by atoms with Gasteiger partial charge in [0, 0.05) is 18.0 Å². The third-order valence-electron chi connectivity index (χ3n) is 3.51. The van der Waals surface area contributed by atoms with Gasteiger partial charge in [-0.2, -0.15) is 0 Å². The summed E-state index contributed by atoms with van der Waals surface area (Å²) in [6.45, 7) is 2.24. The highest BCUT2D eigenvalue weighted by atomic mass is 32.1. The number of aliphatic hydroxyl groups is 1. The molecule has 1 aromatic heterocycles. The molecule has 2 atom stereocenters. The Morgan fingerprint density at radius 2 is 2.42 bits per heavy atom. The summed E-state index contributed by atoms with van der Waals surface area (Å²) in [5, 5.41) is 13.7. The normalized spacial score (nSPS) is 21.8. The van der Waals surface area contributed by atoms with E-state index in [-0.39, 0.29) is 12.5 Å². The van der Waals surface area contributed by atoms with Gasteiger partial charge < -0.3 is 10.4 Å². The molecule has 1 aliphatic carbocycles. The highest BCUT2D eigenvalue weighted by Crippen LogP contribution is 2.25. The molecule has 0 aliphatic heterocycles. The van der Waals surface area contributed by atoms with E-state index >= 15 is 0 Å². The van der Waals surface area contributed by atoms with Gasteiger partial charge in [-0.3, -0.25) is 4.79 Å². The molecule has 0 aromatic carbocycles. The van der Waals surface area contributed by atoms with E-state index in [1.165, 1.54) is 24.2 Å².